The van der Waals surface area contributed by atoms with Gasteiger partial charge in [-0.3, -0.25) is 4.90 Å². The van der Waals surface area contributed by atoms with Gasteiger partial charge in [-0.2, -0.15) is 0 Å². The van der Waals surface area contributed by atoms with Gasteiger partial charge in [-0.15, -0.1) is 0 Å². The predicted octanol–water partition coefficient (Wildman–Crippen LogP) is 1.46. The molecule has 1 saturated heterocycles. The van der Waals surface area contributed by atoms with Gasteiger partial charge in [0.1, 0.15) is 0 Å². The second-order valence-corrected chi connectivity index (χ2v) is 3.28. The Morgan fingerprint density at radius 2 is 2.20 bits per heavy atom. The summed E-state index contributed by atoms with van der Waals surface area (Å²) in [5.74, 6) is 0. The lowest BCUT2D eigenvalue weighted by Gasteiger charge is -2.36. The molecule has 1 heterocycles. The van der Waals surface area contributed by atoms with Crippen molar-refractivity contribution in [3.8, 4) is 0 Å². The van der Waals surface area contributed by atoms with Crippen molar-refractivity contribution in [2.75, 3.05) is 13.3 Å². The maximum atomic E-state index is 5.34. The molecule has 0 N–H and O–H groups in total. The lowest BCUT2D eigenvalue weighted by atomic mass is 10.1. The van der Waals surface area contributed by atoms with Crippen molar-refractivity contribution in [2.24, 2.45) is 0 Å². The van der Waals surface area contributed by atoms with Crippen LogP contribution in [0.15, 0.2) is 0 Å². The van der Waals surface area contributed by atoms with Crippen LogP contribution in [0.3, 0.4) is 0 Å². The van der Waals surface area contributed by atoms with E-state index in [1.54, 1.807) is 0 Å². The number of hydrogen-bond acceptors (Lipinski definition) is 2. The second kappa shape index (κ2) is 3.35. The van der Waals surface area contributed by atoms with E-state index in [9.17, 15) is 0 Å². The Morgan fingerprint density at radius 3 is 2.60 bits per heavy atom. The maximum absolute atomic E-state index is 5.34. The van der Waals surface area contributed by atoms with Crippen molar-refractivity contribution in [3.63, 3.8) is 0 Å². The molecule has 0 aromatic heterocycles. The van der Waals surface area contributed by atoms with Crippen LogP contribution in [0.25, 0.3) is 0 Å². The Hall–Kier alpha value is -0.0800. The summed E-state index contributed by atoms with van der Waals surface area (Å²) in [5, 5.41) is 0. The van der Waals surface area contributed by atoms with E-state index in [0.29, 0.717) is 12.1 Å². The van der Waals surface area contributed by atoms with E-state index in [2.05, 4.69) is 25.7 Å². The molecule has 60 valence electrons. The average molecular weight is 143 g/mol. The molecule has 0 radical (unpaired) electrons. The van der Waals surface area contributed by atoms with Crippen LogP contribution in [0.5, 0.6) is 0 Å². The van der Waals surface area contributed by atoms with E-state index in [1.807, 2.05) is 0 Å². The first-order chi connectivity index (χ1) is 4.72. The summed E-state index contributed by atoms with van der Waals surface area (Å²) < 4.78 is 5.34. The quantitative estimate of drug-likeness (QED) is 0.551. The van der Waals surface area contributed by atoms with Crippen LogP contribution >= 0.6 is 0 Å². The van der Waals surface area contributed by atoms with Gasteiger partial charge in [0.15, 0.2) is 0 Å². The third-order valence-electron chi connectivity index (χ3n) is 2.15. The zero-order valence-corrected chi connectivity index (χ0v) is 7.13. The first-order valence-corrected chi connectivity index (χ1v) is 4.05. The van der Waals surface area contributed by atoms with E-state index in [4.69, 9.17) is 4.74 Å². The summed E-state index contributed by atoms with van der Waals surface area (Å²) in [6, 6.07) is 1.32. The van der Waals surface area contributed by atoms with Gasteiger partial charge in [0.05, 0.1) is 6.73 Å². The van der Waals surface area contributed by atoms with Crippen molar-refractivity contribution in [1.29, 1.82) is 0 Å². The zero-order chi connectivity index (χ0) is 7.56. The molecule has 2 nitrogen and oxygen atoms in total. The fourth-order valence-electron chi connectivity index (χ4n) is 1.37. The van der Waals surface area contributed by atoms with E-state index in [1.165, 1.54) is 6.42 Å². The Morgan fingerprint density at radius 1 is 1.50 bits per heavy atom. The van der Waals surface area contributed by atoms with Crippen molar-refractivity contribution >= 4 is 0 Å². The zero-order valence-electron chi connectivity index (χ0n) is 7.13. The van der Waals surface area contributed by atoms with E-state index in [-0.39, 0.29) is 0 Å². The summed E-state index contributed by atoms with van der Waals surface area (Å²) >= 11 is 0. The molecule has 0 aromatic rings. The molecule has 0 spiro atoms. The fraction of sp³-hybridized carbons (Fsp3) is 1.00. The molecule has 2 heteroatoms. The van der Waals surface area contributed by atoms with Crippen molar-refractivity contribution < 1.29 is 4.74 Å². The van der Waals surface area contributed by atoms with Gasteiger partial charge >= 0.3 is 0 Å². The molecule has 10 heavy (non-hydrogen) atoms. The molecule has 1 aliphatic heterocycles. The molecule has 0 aromatic carbocycles. The van der Waals surface area contributed by atoms with Crippen molar-refractivity contribution in [2.45, 2.75) is 39.3 Å². The molecule has 1 aliphatic rings. The minimum absolute atomic E-state index is 0.621. The molecule has 1 atom stereocenters. The predicted molar refractivity (Wildman–Crippen MR) is 41.9 cm³/mol. The molecular formula is C8H17NO. The molecule has 0 bridgehead atoms. The van der Waals surface area contributed by atoms with Gasteiger partial charge in [-0.1, -0.05) is 0 Å². The second-order valence-electron chi connectivity index (χ2n) is 3.28. The summed E-state index contributed by atoms with van der Waals surface area (Å²) in [6.45, 7) is 8.45. The lowest BCUT2D eigenvalue weighted by molar-refractivity contribution is -0.0578. The minimum Gasteiger partial charge on any atom is -0.366 e. The van der Waals surface area contributed by atoms with Gasteiger partial charge in [-0.05, 0) is 27.2 Å². The minimum atomic E-state index is 0.621. The summed E-state index contributed by atoms with van der Waals surface area (Å²) in [7, 11) is 0. The fourth-order valence-corrected chi connectivity index (χ4v) is 1.37. The van der Waals surface area contributed by atoms with Crippen LogP contribution in [0.1, 0.15) is 27.2 Å². The first-order valence-electron chi connectivity index (χ1n) is 4.05. The largest absolute Gasteiger partial charge is 0.366 e. The van der Waals surface area contributed by atoms with Crippen LogP contribution in [0, 0.1) is 0 Å². The SMILES string of the molecule is CC(C)N1COCCC1C. The van der Waals surface area contributed by atoms with Crippen LogP contribution in [-0.4, -0.2) is 30.3 Å². The molecule has 1 rings (SSSR count). The number of hydrogen-bond donors (Lipinski definition) is 0. The molecule has 1 fully saturated rings. The number of rotatable bonds is 1. The smallest absolute Gasteiger partial charge is 0.0994 e. The summed E-state index contributed by atoms with van der Waals surface area (Å²) in [5.41, 5.74) is 0. The molecular weight excluding hydrogens is 126 g/mol. The normalized spacial score (nSPS) is 29.4. The maximum Gasteiger partial charge on any atom is 0.0994 e. The third-order valence-corrected chi connectivity index (χ3v) is 2.15. The van der Waals surface area contributed by atoms with Gasteiger partial charge in [0.25, 0.3) is 0 Å². The highest BCUT2D eigenvalue weighted by atomic mass is 16.5. The number of nitrogens with zero attached hydrogens (tertiary/aromatic N) is 1. The van der Waals surface area contributed by atoms with Crippen molar-refractivity contribution in [3.05, 3.63) is 0 Å². The van der Waals surface area contributed by atoms with Gasteiger partial charge in [0, 0.05) is 18.7 Å². The van der Waals surface area contributed by atoms with Gasteiger partial charge in [-0.25, -0.2) is 0 Å². The van der Waals surface area contributed by atoms with Crippen LogP contribution in [-0.2, 0) is 4.74 Å². The Balaban J connectivity index is 2.40. The van der Waals surface area contributed by atoms with Gasteiger partial charge in [0.2, 0.25) is 0 Å². The highest BCUT2D eigenvalue weighted by molar-refractivity contribution is 4.70. The highest BCUT2D eigenvalue weighted by Gasteiger charge is 2.20. The summed E-state index contributed by atoms with van der Waals surface area (Å²) in [4.78, 5) is 2.38. The standard InChI is InChI=1S/C8H17NO/c1-7(2)9-6-10-5-4-8(9)3/h7-8H,4-6H2,1-3H3. The Bertz CT molecular complexity index is 103. The molecule has 0 aliphatic carbocycles. The van der Waals surface area contributed by atoms with Gasteiger partial charge < -0.3 is 4.74 Å². The summed E-state index contributed by atoms with van der Waals surface area (Å²) in [6.07, 6.45) is 1.18. The third kappa shape index (κ3) is 1.70. The first kappa shape index (κ1) is 8.02. The average Bonchev–Trinajstić information content (AvgIpc) is 1.88. The molecule has 0 amide bonds. The van der Waals surface area contributed by atoms with E-state index in [0.717, 1.165) is 13.3 Å². The Labute approximate surface area is 63.2 Å². The van der Waals surface area contributed by atoms with Crippen LogP contribution < -0.4 is 0 Å². The Kier molecular flexibility index (Phi) is 2.69. The van der Waals surface area contributed by atoms with Crippen LogP contribution in [0.4, 0.5) is 0 Å². The highest BCUT2D eigenvalue weighted by Crippen LogP contribution is 2.13. The monoisotopic (exact) mass is 143 g/mol. The lowest BCUT2D eigenvalue weighted by Crippen LogP contribution is -2.44. The van der Waals surface area contributed by atoms with Crippen LogP contribution in [0.2, 0.25) is 0 Å². The molecule has 1 unspecified atom stereocenters. The van der Waals surface area contributed by atoms with Crippen molar-refractivity contribution in [1.82, 2.24) is 4.90 Å². The van der Waals surface area contributed by atoms with E-state index >= 15 is 0 Å². The number of ether oxygens (including phenoxy) is 1. The van der Waals surface area contributed by atoms with E-state index < -0.39 is 0 Å². The molecule has 0 saturated carbocycles. The topological polar surface area (TPSA) is 12.5 Å².